The van der Waals surface area contributed by atoms with Gasteiger partial charge in [-0.2, -0.15) is 0 Å². The van der Waals surface area contributed by atoms with Crippen LogP contribution in [-0.4, -0.2) is 35.1 Å². The van der Waals surface area contributed by atoms with Crippen LogP contribution in [0.1, 0.15) is 12.8 Å². The molecule has 0 amide bonds. The van der Waals surface area contributed by atoms with Gasteiger partial charge in [-0.05, 0) is 31.0 Å². The van der Waals surface area contributed by atoms with E-state index in [1.54, 1.807) is 0 Å². The minimum absolute atomic E-state index is 0.0766. The highest BCUT2D eigenvalue weighted by Crippen LogP contribution is 2.44. The number of nitrogens with two attached hydrogens (primary N) is 1. The van der Waals surface area contributed by atoms with E-state index in [9.17, 15) is 16.8 Å². The van der Waals surface area contributed by atoms with Gasteiger partial charge in [-0.25, -0.2) is 26.7 Å². The number of hydrogen-bond donors (Lipinski definition) is 3. The molecule has 1 aromatic rings. The van der Waals surface area contributed by atoms with E-state index in [0.29, 0.717) is 0 Å². The van der Waals surface area contributed by atoms with Crippen LogP contribution in [0.5, 0.6) is 0 Å². The summed E-state index contributed by atoms with van der Waals surface area (Å²) in [4.78, 5) is -0.429. The van der Waals surface area contributed by atoms with E-state index in [1.165, 1.54) is 18.2 Å². The zero-order chi connectivity index (χ0) is 15.0. The molecule has 7 nitrogen and oxygen atoms in total. The number of primary sulfonamides is 1. The average molecular weight is 320 g/mol. The molecule has 2 rings (SSSR count). The first kappa shape index (κ1) is 15.4. The highest BCUT2D eigenvalue weighted by atomic mass is 32.2. The lowest BCUT2D eigenvalue weighted by molar-refractivity contribution is 0.213. The van der Waals surface area contributed by atoms with Crippen molar-refractivity contribution in [3.8, 4) is 0 Å². The van der Waals surface area contributed by atoms with E-state index in [4.69, 9.17) is 10.2 Å². The van der Waals surface area contributed by atoms with Crippen LogP contribution in [0.25, 0.3) is 0 Å². The summed E-state index contributed by atoms with van der Waals surface area (Å²) in [5, 5.41) is 14.1. The first-order valence-electron chi connectivity index (χ1n) is 5.92. The van der Waals surface area contributed by atoms with Gasteiger partial charge >= 0.3 is 0 Å². The Morgan fingerprint density at radius 1 is 1.20 bits per heavy atom. The molecule has 1 saturated carbocycles. The van der Waals surface area contributed by atoms with Crippen LogP contribution in [0.15, 0.2) is 34.1 Å². The molecule has 1 aromatic carbocycles. The summed E-state index contributed by atoms with van der Waals surface area (Å²) < 4.78 is 49.0. The summed E-state index contributed by atoms with van der Waals surface area (Å²) in [5.41, 5.74) is -0.370. The summed E-state index contributed by atoms with van der Waals surface area (Å²) in [6.07, 6.45) is 1.53. The summed E-state index contributed by atoms with van der Waals surface area (Å²) in [5.74, 6) is 0. The van der Waals surface area contributed by atoms with E-state index in [1.807, 2.05) is 0 Å². The molecule has 4 N–H and O–H groups in total. The van der Waals surface area contributed by atoms with Gasteiger partial charge in [0.25, 0.3) is 0 Å². The van der Waals surface area contributed by atoms with Crippen LogP contribution in [0.4, 0.5) is 0 Å². The number of sulfonamides is 2. The number of aliphatic hydroxyl groups is 1. The van der Waals surface area contributed by atoms with Gasteiger partial charge in [0.1, 0.15) is 0 Å². The van der Waals surface area contributed by atoms with E-state index in [2.05, 4.69) is 4.72 Å². The zero-order valence-corrected chi connectivity index (χ0v) is 12.2. The van der Waals surface area contributed by atoms with Gasteiger partial charge in [0.15, 0.2) is 0 Å². The molecule has 0 aliphatic heterocycles. The van der Waals surface area contributed by atoms with Crippen LogP contribution >= 0.6 is 0 Å². The quantitative estimate of drug-likeness (QED) is 0.644. The van der Waals surface area contributed by atoms with Gasteiger partial charge in [-0.15, -0.1) is 0 Å². The van der Waals surface area contributed by atoms with Gasteiger partial charge < -0.3 is 5.11 Å². The van der Waals surface area contributed by atoms with Crippen molar-refractivity contribution >= 4 is 20.0 Å². The third-order valence-electron chi connectivity index (χ3n) is 3.37. The van der Waals surface area contributed by atoms with Gasteiger partial charge in [0, 0.05) is 18.6 Å². The van der Waals surface area contributed by atoms with Crippen molar-refractivity contribution in [1.29, 1.82) is 0 Å². The van der Waals surface area contributed by atoms with Gasteiger partial charge in [-0.1, -0.05) is 6.07 Å². The molecule has 0 unspecified atom stereocenters. The number of benzene rings is 1. The van der Waals surface area contributed by atoms with E-state index in [0.717, 1.165) is 18.9 Å². The molecule has 1 fully saturated rings. The number of hydrogen-bond acceptors (Lipinski definition) is 5. The Morgan fingerprint density at radius 2 is 1.80 bits per heavy atom. The number of rotatable bonds is 6. The molecule has 0 spiro atoms. The number of aliphatic hydroxyl groups excluding tert-OH is 1. The lowest BCUT2D eigenvalue weighted by atomic mass is 10.1. The highest BCUT2D eigenvalue weighted by Gasteiger charge is 2.42. The molecular formula is C11H16N2O5S2. The summed E-state index contributed by atoms with van der Waals surface area (Å²) in [6, 6.07) is 4.84. The molecule has 1 aliphatic rings. The maximum atomic E-state index is 12.1. The fraction of sp³-hybridized carbons (Fsp3) is 0.455. The highest BCUT2D eigenvalue weighted by molar-refractivity contribution is 7.90. The van der Waals surface area contributed by atoms with Crippen LogP contribution in [0, 0.1) is 5.41 Å². The fourth-order valence-electron chi connectivity index (χ4n) is 1.72. The predicted molar refractivity (Wildman–Crippen MR) is 71.8 cm³/mol. The monoisotopic (exact) mass is 320 g/mol. The van der Waals surface area contributed by atoms with Gasteiger partial charge in [-0.3, -0.25) is 0 Å². The van der Waals surface area contributed by atoms with Gasteiger partial charge in [0.05, 0.1) is 9.79 Å². The van der Waals surface area contributed by atoms with Crippen LogP contribution in [0.2, 0.25) is 0 Å². The maximum Gasteiger partial charge on any atom is 0.240 e. The second-order valence-electron chi connectivity index (χ2n) is 5.00. The minimum atomic E-state index is -3.95. The first-order chi connectivity index (χ1) is 9.19. The summed E-state index contributed by atoms with van der Waals surface area (Å²) in [6.45, 7) is 0.0537. The standard InChI is InChI=1S/C11H16N2O5S2/c12-19(15,16)9-2-1-3-10(6-9)20(17,18)13-7-11(8-14)4-5-11/h1-3,6,13-14H,4-5,7-8H2,(H2,12,15,16). The van der Waals surface area contributed by atoms with Crippen molar-refractivity contribution in [1.82, 2.24) is 4.72 Å². The normalized spacial score (nSPS) is 17.9. The molecule has 0 saturated heterocycles. The fourth-order valence-corrected chi connectivity index (χ4v) is 3.55. The molecule has 0 radical (unpaired) electrons. The Labute approximate surface area is 117 Å². The van der Waals surface area contributed by atoms with E-state index >= 15 is 0 Å². The second-order valence-corrected chi connectivity index (χ2v) is 8.33. The van der Waals surface area contributed by atoms with Gasteiger partial charge in [0.2, 0.25) is 20.0 Å². The maximum absolute atomic E-state index is 12.1. The lowest BCUT2D eigenvalue weighted by Gasteiger charge is -2.13. The largest absolute Gasteiger partial charge is 0.396 e. The Morgan fingerprint density at radius 3 is 2.30 bits per heavy atom. The van der Waals surface area contributed by atoms with Crippen molar-refractivity contribution < 1.29 is 21.9 Å². The molecule has 0 heterocycles. The smallest absolute Gasteiger partial charge is 0.240 e. The molecule has 0 atom stereocenters. The van der Waals surface area contributed by atoms with Crippen LogP contribution < -0.4 is 9.86 Å². The minimum Gasteiger partial charge on any atom is -0.396 e. The predicted octanol–water partition coefficient (Wildman–Crippen LogP) is -0.615. The number of nitrogens with one attached hydrogen (secondary N) is 1. The van der Waals surface area contributed by atoms with Crippen LogP contribution in [-0.2, 0) is 20.0 Å². The van der Waals surface area contributed by atoms with E-state index in [-0.39, 0.29) is 28.4 Å². The zero-order valence-electron chi connectivity index (χ0n) is 10.6. The SMILES string of the molecule is NS(=O)(=O)c1cccc(S(=O)(=O)NCC2(CO)CC2)c1. The Kier molecular flexibility index (Phi) is 3.91. The molecule has 20 heavy (non-hydrogen) atoms. The molecule has 112 valence electrons. The Bertz CT molecular complexity index is 708. The lowest BCUT2D eigenvalue weighted by Crippen LogP contribution is -2.32. The first-order valence-corrected chi connectivity index (χ1v) is 8.95. The third kappa shape index (κ3) is 3.36. The molecule has 0 aromatic heterocycles. The molecule has 9 heteroatoms. The summed E-state index contributed by atoms with van der Waals surface area (Å²) in [7, 11) is -7.78. The van der Waals surface area contributed by atoms with Crippen molar-refractivity contribution in [3.63, 3.8) is 0 Å². The Balaban J connectivity index is 2.21. The van der Waals surface area contributed by atoms with Crippen molar-refractivity contribution in [3.05, 3.63) is 24.3 Å². The topological polar surface area (TPSA) is 127 Å². The Hall–Kier alpha value is -1.00. The van der Waals surface area contributed by atoms with Crippen molar-refractivity contribution in [2.45, 2.75) is 22.6 Å². The third-order valence-corrected chi connectivity index (χ3v) is 5.68. The average Bonchev–Trinajstić information content (AvgIpc) is 3.16. The second kappa shape index (κ2) is 5.08. The van der Waals surface area contributed by atoms with Crippen molar-refractivity contribution in [2.24, 2.45) is 10.6 Å². The van der Waals surface area contributed by atoms with Crippen molar-refractivity contribution in [2.75, 3.05) is 13.2 Å². The van der Waals surface area contributed by atoms with E-state index < -0.39 is 20.0 Å². The summed E-state index contributed by atoms with van der Waals surface area (Å²) >= 11 is 0. The molecular weight excluding hydrogens is 304 g/mol. The molecule has 0 bridgehead atoms. The van der Waals surface area contributed by atoms with Crippen LogP contribution in [0.3, 0.4) is 0 Å². The molecule has 1 aliphatic carbocycles.